The van der Waals surface area contributed by atoms with Gasteiger partial charge >= 0.3 is 12.0 Å². The second-order valence-electron chi connectivity index (χ2n) is 5.31. The molecule has 1 aromatic carbocycles. The summed E-state index contributed by atoms with van der Waals surface area (Å²) in [6.07, 6.45) is 1.19. The van der Waals surface area contributed by atoms with Crippen molar-refractivity contribution in [1.82, 2.24) is 10.2 Å². The molecule has 0 saturated heterocycles. The Labute approximate surface area is 139 Å². The van der Waals surface area contributed by atoms with Crippen molar-refractivity contribution in [2.75, 3.05) is 13.1 Å². The zero-order valence-electron chi connectivity index (χ0n) is 12.2. The van der Waals surface area contributed by atoms with Gasteiger partial charge in [0.15, 0.2) is 0 Å². The molecular weight excluding hydrogens is 327 g/mol. The molecule has 0 aliphatic carbocycles. The largest absolute Gasteiger partial charge is 0.481 e. The van der Waals surface area contributed by atoms with Crippen LogP contribution in [0.4, 0.5) is 4.79 Å². The Balaban J connectivity index is 2.00. The van der Waals surface area contributed by atoms with E-state index in [1.165, 1.54) is 0 Å². The minimum atomic E-state index is -0.860. The van der Waals surface area contributed by atoms with Gasteiger partial charge in [0.2, 0.25) is 0 Å². The molecule has 0 bridgehead atoms. The van der Waals surface area contributed by atoms with E-state index in [4.69, 9.17) is 28.3 Å². The number of nitrogens with zero attached hydrogens (tertiary/aromatic N) is 1. The number of hydrogen-bond donors (Lipinski definition) is 2. The lowest BCUT2D eigenvalue weighted by atomic mass is 9.94. The highest BCUT2D eigenvalue weighted by molar-refractivity contribution is 6.42. The molecule has 0 radical (unpaired) electrons. The molecule has 2 N–H and O–H groups in total. The van der Waals surface area contributed by atoms with E-state index in [1.54, 1.807) is 4.90 Å². The topological polar surface area (TPSA) is 69.6 Å². The number of carbonyl (C=O) groups is 2. The molecule has 22 heavy (non-hydrogen) atoms. The molecule has 1 aromatic rings. The Kier molecular flexibility index (Phi) is 5.53. The molecule has 1 heterocycles. The minimum Gasteiger partial charge on any atom is -0.481 e. The van der Waals surface area contributed by atoms with E-state index in [0.29, 0.717) is 29.6 Å². The van der Waals surface area contributed by atoms with Crippen LogP contribution in [0.2, 0.25) is 10.0 Å². The van der Waals surface area contributed by atoms with Crippen LogP contribution in [-0.4, -0.2) is 35.1 Å². The van der Waals surface area contributed by atoms with Crippen molar-refractivity contribution in [3.8, 4) is 0 Å². The first-order valence-electron chi connectivity index (χ1n) is 7.14. The molecule has 1 aliphatic rings. The minimum absolute atomic E-state index is 0.0484. The van der Waals surface area contributed by atoms with E-state index in [2.05, 4.69) is 5.32 Å². The van der Waals surface area contributed by atoms with Crippen LogP contribution in [-0.2, 0) is 11.2 Å². The highest BCUT2D eigenvalue weighted by Crippen LogP contribution is 2.35. The van der Waals surface area contributed by atoms with Gasteiger partial charge in [0.1, 0.15) is 0 Å². The summed E-state index contributed by atoms with van der Waals surface area (Å²) in [6, 6.07) is 3.39. The summed E-state index contributed by atoms with van der Waals surface area (Å²) >= 11 is 12.1. The molecule has 1 atom stereocenters. The Hall–Kier alpha value is -1.46. The first-order valence-corrected chi connectivity index (χ1v) is 7.90. The number of carboxylic acid groups (broad SMARTS) is 1. The first kappa shape index (κ1) is 16.9. The van der Waals surface area contributed by atoms with Crippen molar-refractivity contribution in [2.45, 2.75) is 32.2 Å². The maximum absolute atomic E-state index is 12.2. The van der Waals surface area contributed by atoms with Gasteiger partial charge in [-0.3, -0.25) is 4.79 Å². The highest BCUT2D eigenvalue weighted by Gasteiger charge is 2.28. The van der Waals surface area contributed by atoms with E-state index in [0.717, 1.165) is 17.5 Å². The van der Waals surface area contributed by atoms with Gasteiger partial charge in [-0.15, -0.1) is 0 Å². The predicted octanol–water partition coefficient (Wildman–Crippen LogP) is 3.49. The summed E-state index contributed by atoms with van der Waals surface area (Å²) in [5.74, 6) is -0.860. The number of amides is 2. The molecule has 2 rings (SSSR count). The highest BCUT2D eigenvalue weighted by atomic mass is 35.5. The van der Waals surface area contributed by atoms with Crippen LogP contribution in [0.25, 0.3) is 0 Å². The predicted molar refractivity (Wildman–Crippen MR) is 85.6 cm³/mol. The normalized spacial score (nSPS) is 17.0. The molecule has 0 spiro atoms. The molecule has 7 heteroatoms. The summed E-state index contributed by atoms with van der Waals surface area (Å²) < 4.78 is 0. The van der Waals surface area contributed by atoms with E-state index >= 15 is 0 Å². The van der Waals surface area contributed by atoms with Gasteiger partial charge in [0.05, 0.1) is 16.1 Å². The third-order valence-corrected chi connectivity index (χ3v) is 4.55. The van der Waals surface area contributed by atoms with Crippen molar-refractivity contribution < 1.29 is 14.7 Å². The Morgan fingerprint density at radius 2 is 2.05 bits per heavy atom. The van der Waals surface area contributed by atoms with E-state index < -0.39 is 5.97 Å². The lowest BCUT2D eigenvalue weighted by molar-refractivity contribution is -0.137. The van der Waals surface area contributed by atoms with Crippen LogP contribution >= 0.6 is 23.2 Å². The summed E-state index contributed by atoms with van der Waals surface area (Å²) in [4.78, 5) is 24.4. The molecule has 0 aromatic heterocycles. The number of carbonyl (C=O) groups excluding carboxylic acids is 1. The first-order chi connectivity index (χ1) is 10.4. The van der Waals surface area contributed by atoms with Gasteiger partial charge < -0.3 is 15.3 Å². The third-order valence-electron chi connectivity index (χ3n) is 3.83. The lowest BCUT2D eigenvalue weighted by Gasteiger charge is -2.35. The van der Waals surface area contributed by atoms with Crippen molar-refractivity contribution in [2.24, 2.45) is 0 Å². The van der Waals surface area contributed by atoms with Gasteiger partial charge in [0.25, 0.3) is 0 Å². The number of halogens is 2. The smallest absolute Gasteiger partial charge is 0.317 e. The fraction of sp³-hybridized carbons (Fsp3) is 0.467. The second kappa shape index (κ2) is 7.20. The van der Waals surface area contributed by atoms with Gasteiger partial charge in [-0.25, -0.2) is 4.79 Å². The number of nitrogens with one attached hydrogen (secondary N) is 1. The Morgan fingerprint density at radius 3 is 2.73 bits per heavy atom. The van der Waals surface area contributed by atoms with Crippen molar-refractivity contribution in [3.63, 3.8) is 0 Å². The summed E-state index contributed by atoms with van der Waals surface area (Å²) in [7, 11) is 0. The quantitative estimate of drug-likeness (QED) is 0.821. The van der Waals surface area contributed by atoms with Gasteiger partial charge in [-0.1, -0.05) is 23.2 Å². The number of rotatable bonds is 4. The van der Waals surface area contributed by atoms with Crippen LogP contribution in [0.15, 0.2) is 12.1 Å². The van der Waals surface area contributed by atoms with Gasteiger partial charge in [-0.05, 0) is 43.0 Å². The molecule has 0 fully saturated rings. The van der Waals surface area contributed by atoms with Crippen molar-refractivity contribution in [1.29, 1.82) is 0 Å². The Morgan fingerprint density at radius 1 is 1.36 bits per heavy atom. The van der Waals surface area contributed by atoms with Crippen molar-refractivity contribution >= 4 is 35.2 Å². The molecule has 5 nitrogen and oxygen atoms in total. The van der Waals surface area contributed by atoms with Crippen molar-refractivity contribution in [3.05, 3.63) is 33.3 Å². The number of fused-ring (bicyclic) bond motifs is 1. The molecule has 1 aliphatic heterocycles. The standard InChI is InChI=1S/C15H18Cl2N2O3/c1-9-11-8-13(17)12(16)7-10(11)4-6-19(9)15(22)18-5-2-3-14(20)21/h7-9H,2-6H2,1H3,(H,18,22)(H,20,21). The number of hydrogen-bond acceptors (Lipinski definition) is 2. The van der Waals surface area contributed by atoms with Gasteiger partial charge in [0, 0.05) is 19.5 Å². The average Bonchev–Trinajstić information content (AvgIpc) is 2.46. The van der Waals surface area contributed by atoms with Crippen LogP contribution in [0.1, 0.15) is 36.9 Å². The molecule has 120 valence electrons. The van der Waals surface area contributed by atoms with E-state index in [1.807, 2.05) is 19.1 Å². The SMILES string of the molecule is CC1c2cc(Cl)c(Cl)cc2CCN1C(=O)NCCCC(=O)O. The fourth-order valence-electron chi connectivity index (χ4n) is 2.63. The molecular formula is C15H18Cl2N2O3. The Bertz CT molecular complexity index is 592. The fourth-order valence-corrected chi connectivity index (χ4v) is 2.98. The number of urea groups is 1. The second-order valence-corrected chi connectivity index (χ2v) is 6.13. The summed E-state index contributed by atoms with van der Waals surface area (Å²) in [5.41, 5.74) is 2.11. The maximum atomic E-state index is 12.2. The van der Waals surface area contributed by atoms with Crippen LogP contribution in [0.3, 0.4) is 0 Å². The zero-order chi connectivity index (χ0) is 16.3. The molecule has 0 saturated carbocycles. The lowest BCUT2D eigenvalue weighted by Crippen LogP contribution is -2.45. The number of aliphatic carboxylic acids is 1. The number of benzene rings is 1. The summed E-state index contributed by atoms with van der Waals surface area (Å²) in [5, 5.41) is 12.3. The average molecular weight is 345 g/mol. The molecule has 1 unspecified atom stereocenters. The third kappa shape index (κ3) is 3.84. The summed E-state index contributed by atoms with van der Waals surface area (Å²) in [6.45, 7) is 2.89. The van der Waals surface area contributed by atoms with Crippen LogP contribution in [0.5, 0.6) is 0 Å². The monoisotopic (exact) mass is 344 g/mol. The van der Waals surface area contributed by atoms with Crippen LogP contribution in [0, 0.1) is 0 Å². The molecule has 2 amide bonds. The van der Waals surface area contributed by atoms with Crippen LogP contribution < -0.4 is 5.32 Å². The maximum Gasteiger partial charge on any atom is 0.317 e. The van der Waals surface area contributed by atoms with E-state index in [-0.39, 0.29) is 18.5 Å². The van der Waals surface area contributed by atoms with E-state index in [9.17, 15) is 9.59 Å². The zero-order valence-corrected chi connectivity index (χ0v) is 13.7. The number of carboxylic acids is 1. The van der Waals surface area contributed by atoms with Gasteiger partial charge in [-0.2, -0.15) is 0 Å².